The zero-order valence-electron chi connectivity index (χ0n) is 22.8. The van der Waals surface area contributed by atoms with Gasteiger partial charge < -0.3 is 24.8 Å². The van der Waals surface area contributed by atoms with Gasteiger partial charge in [0.2, 0.25) is 11.8 Å². The number of carbonyl (C=O) groups excluding carboxylic acids is 2. The lowest BCUT2D eigenvalue weighted by atomic mass is 9.84. The molecule has 0 heterocycles. The first kappa shape index (κ1) is 28.8. The number of hydrogen-bond donors (Lipinski definition) is 4. The number of methoxy groups -OCH3 is 3. The predicted octanol–water partition coefficient (Wildman–Crippen LogP) is 4.11. The van der Waals surface area contributed by atoms with Crippen LogP contribution in [0.2, 0.25) is 0 Å². The fourth-order valence-electron chi connectivity index (χ4n) is 4.87. The van der Waals surface area contributed by atoms with Gasteiger partial charge >= 0.3 is 0 Å². The van der Waals surface area contributed by atoms with E-state index in [9.17, 15) is 9.59 Å². The number of carbonyl (C=O) groups is 2. The van der Waals surface area contributed by atoms with Gasteiger partial charge in [-0.1, -0.05) is 50.3 Å². The van der Waals surface area contributed by atoms with Crippen molar-refractivity contribution in [3.63, 3.8) is 0 Å². The summed E-state index contributed by atoms with van der Waals surface area (Å²) >= 11 is 0. The van der Waals surface area contributed by atoms with Crippen molar-refractivity contribution in [1.82, 2.24) is 16.0 Å². The van der Waals surface area contributed by atoms with Gasteiger partial charge in [0.15, 0.2) is 17.5 Å². The largest absolute Gasteiger partial charge is 0.497 e. The molecule has 1 aliphatic rings. The van der Waals surface area contributed by atoms with Crippen LogP contribution in [-0.4, -0.2) is 45.1 Å². The van der Waals surface area contributed by atoms with Crippen molar-refractivity contribution < 1.29 is 23.8 Å². The van der Waals surface area contributed by atoms with Gasteiger partial charge in [0.1, 0.15) is 11.8 Å². The molecule has 0 spiro atoms. The summed E-state index contributed by atoms with van der Waals surface area (Å²) in [5, 5.41) is 17.0. The summed E-state index contributed by atoms with van der Waals surface area (Å²) < 4.78 is 15.9. The second-order valence-electron chi connectivity index (χ2n) is 9.73. The number of hydrogen-bond acceptors (Lipinski definition) is 6. The van der Waals surface area contributed by atoms with Gasteiger partial charge in [-0.25, -0.2) is 0 Å². The van der Waals surface area contributed by atoms with Gasteiger partial charge in [-0.05, 0) is 54.7 Å². The highest BCUT2D eigenvalue weighted by Gasteiger charge is 2.27. The zero-order valence-corrected chi connectivity index (χ0v) is 22.8. The summed E-state index contributed by atoms with van der Waals surface area (Å²) in [6, 6.07) is 11.9. The Morgan fingerprint density at radius 1 is 0.947 bits per heavy atom. The first-order chi connectivity index (χ1) is 18.3. The Kier molecular flexibility index (Phi) is 10.8. The van der Waals surface area contributed by atoms with Crippen molar-refractivity contribution in [1.29, 1.82) is 5.41 Å². The van der Waals surface area contributed by atoms with Crippen molar-refractivity contribution in [2.24, 2.45) is 5.92 Å². The van der Waals surface area contributed by atoms with Crippen LogP contribution in [0.15, 0.2) is 42.5 Å². The summed E-state index contributed by atoms with van der Waals surface area (Å²) in [5.41, 5.74) is 1.64. The monoisotopic (exact) mass is 524 g/mol. The Morgan fingerprint density at radius 3 is 2.37 bits per heavy atom. The quantitative estimate of drug-likeness (QED) is 0.259. The van der Waals surface area contributed by atoms with E-state index in [0.717, 1.165) is 42.6 Å². The van der Waals surface area contributed by atoms with Gasteiger partial charge in [0, 0.05) is 0 Å². The fourth-order valence-corrected chi connectivity index (χ4v) is 4.87. The van der Waals surface area contributed by atoms with Crippen LogP contribution in [-0.2, 0) is 16.0 Å². The molecular formula is C29H40N4O5. The number of guanidine groups is 1. The van der Waals surface area contributed by atoms with Gasteiger partial charge in [0.05, 0.1) is 33.8 Å². The summed E-state index contributed by atoms with van der Waals surface area (Å²) in [6.45, 7) is 1.92. The highest BCUT2D eigenvalue weighted by atomic mass is 16.5. The first-order valence-electron chi connectivity index (χ1n) is 13.1. The molecule has 3 rings (SSSR count). The second-order valence-corrected chi connectivity index (χ2v) is 9.73. The molecule has 0 radical (unpaired) electrons. The summed E-state index contributed by atoms with van der Waals surface area (Å²) in [7, 11) is 4.69. The lowest BCUT2D eigenvalue weighted by molar-refractivity contribution is -0.124. The molecular weight excluding hydrogens is 484 g/mol. The molecule has 206 valence electrons. The molecule has 2 aromatic carbocycles. The van der Waals surface area contributed by atoms with Crippen LogP contribution in [0.25, 0.3) is 0 Å². The lowest BCUT2D eigenvalue weighted by Gasteiger charge is -2.28. The summed E-state index contributed by atoms with van der Waals surface area (Å²) in [5.74, 6) is 1.46. The Bertz CT molecular complexity index is 1100. The van der Waals surface area contributed by atoms with Gasteiger partial charge in [-0.3, -0.25) is 20.3 Å². The van der Waals surface area contributed by atoms with Gasteiger partial charge in [-0.15, -0.1) is 0 Å². The Hall–Kier alpha value is -3.75. The van der Waals surface area contributed by atoms with E-state index in [1.165, 1.54) is 13.5 Å². The van der Waals surface area contributed by atoms with Crippen molar-refractivity contribution >= 4 is 17.8 Å². The lowest BCUT2D eigenvalue weighted by Crippen LogP contribution is -2.52. The topological polar surface area (TPSA) is 122 Å². The average Bonchev–Trinajstić information content (AvgIpc) is 2.92. The van der Waals surface area contributed by atoms with E-state index in [2.05, 4.69) is 16.0 Å². The van der Waals surface area contributed by atoms with Crippen LogP contribution in [0.4, 0.5) is 0 Å². The molecule has 1 aliphatic carbocycles. The van der Waals surface area contributed by atoms with Crippen LogP contribution in [0.1, 0.15) is 62.6 Å². The molecule has 0 saturated heterocycles. The highest BCUT2D eigenvalue weighted by Crippen LogP contribution is 2.29. The zero-order chi connectivity index (χ0) is 27.5. The van der Waals surface area contributed by atoms with Crippen molar-refractivity contribution in [3.05, 3.63) is 53.6 Å². The Labute approximate surface area is 225 Å². The van der Waals surface area contributed by atoms with Crippen molar-refractivity contribution in [2.45, 2.75) is 64.0 Å². The fraction of sp³-hybridized carbons (Fsp3) is 0.483. The van der Waals surface area contributed by atoms with Crippen LogP contribution < -0.4 is 30.2 Å². The molecule has 4 N–H and O–H groups in total. The third-order valence-corrected chi connectivity index (χ3v) is 6.96. The van der Waals surface area contributed by atoms with Gasteiger partial charge in [0.25, 0.3) is 0 Å². The van der Waals surface area contributed by atoms with E-state index in [0.29, 0.717) is 23.8 Å². The van der Waals surface area contributed by atoms with Crippen molar-refractivity contribution in [2.75, 3.05) is 21.3 Å². The minimum absolute atomic E-state index is 0.0524. The van der Waals surface area contributed by atoms with E-state index >= 15 is 0 Å². The molecule has 0 aliphatic heterocycles. The minimum atomic E-state index is -0.639. The average molecular weight is 525 g/mol. The van der Waals surface area contributed by atoms with Crippen LogP contribution in [0, 0.1) is 11.3 Å². The third kappa shape index (κ3) is 8.39. The smallest absolute Gasteiger partial charge is 0.243 e. The molecule has 9 nitrogen and oxygen atoms in total. The van der Waals surface area contributed by atoms with Gasteiger partial charge in [-0.2, -0.15) is 0 Å². The SMILES string of the molecule is COc1cccc(C(C)NC(=O)[C@@H](CC2CCCCC2)NC(=N)NC(=O)Cc2ccc(OC)c(OC)c2)c1. The summed E-state index contributed by atoms with van der Waals surface area (Å²) in [4.78, 5) is 26.0. The van der Waals surface area contributed by atoms with Crippen molar-refractivity contribution in [3.8, 4) is 17.2 Å². The number of rotatable bonds is 11. The Morgan fingerprint density at radius 2 is 1.68 bits per heavy atom. The third-order valence-electron chi connectivity index (χ3n) is 6.96. The molecule has 0 bridgehead atoms. The maximum Gasteiger partial charge on any atom is 0.243 e. The van der Waals surface area contributed by atoms with E-state index in [4.69, 9.17) is 19.6 Å². The van der Waals surface area contributed by atoms with Crippen LogP contribution in [0.3, 0.4) is 0 Å². The molecule has 2 atom stereocenters. The molecule has 1 saturated carbocycles. The number of ether oxygens (including phenoxy) is 3. The van der Waals surface area contributed by atoms with E-state index in [1.807, 2.05) is 31.2 Å². The first-order valence-corrected chi connectivity index (χ1v) is 13.1. The van der Waals surface area contributed by atoms with E-state index in [-0.39, 0.29) is 30.2 Å². The normalized spacial score (nSPS) is 15.1. The second kappa shape index (κ2) is 14.3. The van der Waals surface area contributed by atoms with E-state index in [1.54, 1.807) is 32.4 Å². The highest BCUT2D eigenvalue weighted by molar-refractivity contribution is 5.98. The molecule has 2 amide bonds. The number of nitrogens with one attached hydrogen (secondary N) is 4. The maximum atomic E-state index is 13.4. The molecule has 1 unspecified atom stereocenters. The molecule has 38 heavy (non-hydrogen) atoms. The van der Waals surface area contributed by atoms with Crippen LogP contribution in [0.5, 0.6) is 17.2 Å². The van der Waals surface area contributed by atoms with Crippen LogP contribution >= 0.6 is 0 Å². The molecule has 0 aromatic heterocycles. The molecule has 1 fully saturated rings. The number of amides is 2. The minimum Gasteiger partial charge on any atom is -0.497 e. The van der Waals surface area contributed by atoms with E-state index < -0.39 is 6.04 Å². The Balaban J connectivity index is 1.63. The standard InChI is InChI=1S/C29H40N4O5/c1-19(22-11-8-12-23(18-22)36-2)31-28(35)24(15-20-9-6-5-7-10-20)32-29(30)33-27(34)17-21-13-14-25(37-3)26(16-21)38-4/h8,11-14,16,18-20,24H,5-7,9-10,15,17H2,1-4H3,(H,31,35)(H3,30,32,33,34)/t19?,24-/m1/s1. The maximum absolute atomic E-state index is 13.4. The summed E-state index contributed by atoms with van der Waals surface area (Å²) in [6.07, 6.45) is 6.31. The molecule has 9 heteroatoms. The number of benzene rings is 2. The predicted molar refractivity (Wildman–Crippen MR) is 147 cm³/mol. The molecule has 2 aromatic rings.